The summed E-state index contributed by atoms with van der Waals surface area (Å²) in [5.74, 6) is -0.0605. The zero-order chi connectivity index (χ0) is 34.1. The molecule has 3 heterocycles. The van der Waals surface area contributed by atoms with E-state index in [-0.39, 0.29) is 35.2 Å². The molecule has 9 nitrogen and oxygen atoms in total. The molecule has 1 aromatic carbocycles. The van der Waals surface area contributed by atoms with Crippen LogP contribution in [0.3, 0.4) is 0 Å². The second-order valence-corrected chi connectivity index (χ2v) is 8.94. The smallest absolute Gasteiger partial charge is 0.217 e. The molecule has 2 atom stereocenters. The molecule has 2 aromatic rings. The molecule has 2 unspecified atom stereocenters. The van der Waals surface area contributed by atoms with Gasteiger partial charge in [0.15, 0.2) is 5.82 Å². The van der Waals surface area contributed by atoms with Crippen LogP contribution in [0.1, 0.15) is 95.4 Å². The number of piperazine rings is 1. The van der Waals surface area contributed by atoms with E-state index in [4.69, 9.17) is 11.1 Å². The third-order valence-corrected chi connectivity index (χ3v) is 5.89. The van der Waals surface area contributed by atoms with E-state index >= 15 is 0 Å². The van der Waals surface area contributed by atoms with Gasteiger partial charge in [-0.25, -0.2) is 9.38 Å². The summed E-state index contributed by atoms with van der Waals surface area (Å²) in [6.07, 6.45) is 3.18. The fourth-order valence-electron chi connectivity index (χ4n) is 4.02. The fourth-order valence-corrected chi connectivity index (χ4v) is 4.02. The molecule has 0 spiro atoms. The van der Waals surface area contributed by atoms with Crippen molar-refractivity contribution in [2.24, 2.45) is 4.99 Å². The van der Waals surface area contributed by atoms with Crippen LogP contribution >= 0.6 is 0 Å². The highest BCUT2D eigenvalue weighted by atomic mass is 19.1. The lowest BCUT2D eigenvalue weighted by Gasteiger charge is -2.42. The SMILES string of the molecule is C=NC(=N)N1C2CCC1CN(c1cc(-c3cc(F)ccc3O)nnc1N)C2.CC.CC.CC.CC.CCC.CCN(C)C. The number of fused-ring (bicyclic) bond motifs is 2. The van der Waals surface area contributed by atoms with E-state index < -0.39 is 5.82 Å². The Morgan fingerprint density at radius 1 is 1.00 bits per heavy atom. The van der Waals surface area contributed by atoms with Crippen molar-refractivity contribution in [3.63, 3.8) is 0 Å². The van der Waals surface area contributed by atoms with Gasteiger partial charge in [0, 0.05) is 30.7 Å². The standard InChI is InChI=1S/C18H20FN7O.C4H11N.C3H8.4C2H6/c1-22-18(21)26-11-3-4-12(26)9-25(8-11)15-7-14(23-24-17(15)20)13-6-10(19)2-5-16(13)27;1-4-5(2)3;1-3-2;4*1-2/h2,5-7,11-12,21,27H,1,3-4,8-9H2,(H2,20,24);4H2,1-3H3;3H2,1-2H3;4*1-2H3. The number of nitrogen functional groups attached to an aromatic ring is 1. The van der Waals surface area contributed by atoms with Gasteiger partial charge in [-0.2, -0.15) is 0 Å². The maximum absolute atomic E-state index is 13.6. The van der Waals surface area contributed by atoms with Gasteiger partial charge in [-0.1, -0.05) is 82.6 Å². The first kappa shape index (κ1) is 44.2. The summed E-state index contributed by atoms with van der Waals surface area (Å²) < 4.78 is 13.6. The van der Waals surface area contributed by atoms with Crippen LogP contribution in [0.25, 0.3) is 11.3 Å². The van der Waals surface area contributed by atoms with E-state index in [0.29, 0.717) is 24.5 Å². The Morgan fingerprint density at radius 2 is 1.47 bits per heavy atom. The number of nitrogens with two attached hydrogens (primary N) is 1. The molecule has 0 aliphatic carbocycles. The predicted octanol–water partition coefficient (Wildman–Crippen LogP) is 7.95. The Morgan fingerprint density at radius 3 is 1.88 bits per heavy atom. The summed E-state index contributed by atoms with van der Waals surface area (Å²) in [6, 6.07) is 5.72. The lowest BCUT2D eigenvalue weighted by atomic mass is 10.1. The predicted molar refractivity (Wildman–Crippen MR) is 187 cm³/mol. The third-order valence-electron chi connectivity index (χ3n) is 5.89. The van der Waals surface area contributed by atoms with Crippen LogP contribution in [0.2, 0.25) is 0 Å². The maximum Gasteiger partial charge on any atom is 0.217 e. The van der Waals surface area contributed by atoms with Gasteiger partial charge < -0.3 is 25.5 Å². The molecule has 0 saturated carbocycles. The normalized spacial score (nSPS) is 15.5. The van der Waals surface area contributed by atoms with Gasteiger partial charge >= 0.3 is 0 Å². The molecular weight excluding hydrogens is 543 g/mol. The van der Waals surface area contributed by atoms with Crippen molar-refractivity contribution in [1.29, 1.82) is 5.41 Å². The topological polar surface area (TPSA) is 118 Å². The summed E-state index contributed by atoms with van der Waals surface area (Å²) >= 11 is 0. The number of hydrogen-bond donors (Lipinski definition) is 3. The van der Waals surface area contributed by atoms with E-state index in [0.717, 1.165) is 19.4 Å². The average Bonchev–Trinajstić information content (AvgIpc) is 3.31. The Bertz CT molecular complexity index is 989. The molecular formula is C33H63FN8O. The molecule has 2 fully saturated rings. The molecule has 2 aliphatic heterocycles. The number of anilines is 2. The summed E-state index contributed by atoms with van der Waals surface area (Å²) in [6.45, 7) is 28.3. The van der Waals surface area contributed by atoms with Crippen molar-refractivity contribution in [1.82, 2.24) is 20.0 Å². The first-order valence-electron chi connectivity index (χ1n) is 16.0. The number of phenolic OH excluding ortho intramolecular Hbond substituents is 1. The van der Waals surface area contributed by atoms with Crippen LogP contribution in [0.5, 0.6) is 5.75 Å². The van der Waals surface area contributed by atoms with Crippen LogP contribution in [-0.4, -0.2) is 83.6 Å². The Labute approximate surface area is 262 Å². The minimum atomic E-state index is -0.468. The highest BCUT2D eigenvalue weighted by Gasteiger charge is 2.41. The zero-order valence-electron chi connectivity index (χ0n) is 29.5. The number of guanidine groups is 1. The number of nitrogens with one attached hydrogen (secondary N) is 1. The number of aromatic hydroxyl groups is 1. The molecule has 10 heteroatoms. The van der Waals surface area contributed by atoms with Crippen molar-refractivity contribution in [3.8, 4) is 17.0 Å². The van der Waals surface area contributed by atoms with Crippen molar-refractivity contribution in [2.75, 3.05) is 44.4 Å². The van der Waals surface area contributed by atoms with Gasteiger partial charge in [0.1, 0.15) is 11.6 Å². The second-order valence-electron chi connectivity index (χ2n) is 8.94. The van der Waals surface area contributed by atoms with Crippen LogP contribution in [0.4, 0.5) is 15.9 Å². The maximum atomic E-state index is 13.6. The number of aliphatic imine (C=N–C) groups is 1. The first-order chi connectivity index (χ1) is 20.7. The zero-order valence-corrected chi connectivity index (χ0v) is 29.5. The van der Waals surface area contributed by atoms with Crippen LogP contribution in [-0.2, 0) is 0 Å². The summed E-state index contributed by atoms with van der Waals surface area (Å²) in [7, 11) is 4.11. The van der Waals surface area contributed by atoms with E-state index in [9.17, 15) is 9.50 Å². The Balaban J connectivity index is -0.000000851. The lowest BCUT2D eigenvalue weighted by molar-refractivity contribution is 0.272. The second kappa shape index (κ2) is 26.4. The Hall–Kier alpha value is -3.27. The van der Waals surface area contributed by atoms with Crippen molar-refractivity contribution >= 4 is 24.2 Å². The number of aromatic nitrogens is 2. The number of hydrogen-bond acceptors (Lipinski definition) is 7. The van der Waals surface area contributed by atoms with Crippen LogP contribution < -0.4 is 10.6 Å². The first-order valence-corrected chi connectivity index (χ1v) is 16.0. The summed E-state index contributed by atoms with van der Waals surface area (Å²) in [5, 5.41) is 26.1. The van der Waals surface area contributed by atoms with Gasteiger partial charge in [-0.15, -0.1) is 10.2 Å². The number of benzene rings is 1. The molecule has 2 bridgehead atoms. The summed E-state index contributed by atoms with van der Waals surface area (Å²) in [5.41, 5.74) is 7.37. The Kier molecular flexibility index (Phi) is 27.1. The molecule has 1 aromatic heterocycles. The molecule has 248 valence electrons. The third kappa shape index (κ3) is 14.6. The quantitative estimate of drug-likeness (QED) is 0.240. The van der Waals surface area contributed by atoms with Gasteiger partial charge in [0.05, 0.1) is 11.4 Å². The highest BCUT2D eigenvalue weighted by Crippen LogP contribution is 2.36. The molecule has 2 aliphatic rings. The van der Waals surface area contributed by atoms with E-state index in [1.165, 1.54) is 24.6 Å². The molecule has 2 saturated heterocycles. The largest absolute Gasteiger partial charge is 0.507 e. The summed E-state index contributed by atoms with van der Waals surface area (Å²) in [4.78, 5) is 10.0. The number of halogens is 1. The highest BCUT2D eigenvalue weighted by molar-refractivity contribution is 5.83. The van der Waals surface area contributed by atoms with E-state index in [2.05, 4.69) is 66.6 Å². The van der Waals surface area contributed by atoms with Crippen molar-refractivity contribution < 1.29 is 9.50 Å². The number of rotatable bonds is 3. The van der Waals surface area contributed by atoms with Gasteiger partial charge in [0.2, 0.25) is 5.96 Å². The number of phenols is 1. The average molecular weight is 607 g/mol. The van der Waals surface area contributed by atoms with E-state index in [1.807, 2.05) is 60.3 Å². The van der Waals surface area contributed by atoms with Crippen LogP contribution in [0.15, 0.2) is 29.3 Å². The molecule has 43 heavy (non-hydrogen) atoms. The van der Waals surface area contributed by atoms with Gasteiger partial charge in [-0.3, -0.25) is 5.41 Å². The van der Waals surface area contributed by atoms with Gasteiger partial charge in [-0.05, 0) is 64.5 Å². The molecule has 4 rings (SSSR count). The molecule has 0 radical (unpaired) electrons. The van der Waals surface area contributed by atoms with Gasteiger partial charge in [0.25, 0.3) is 0 Å². The van der Waals surface area contributed by atoms with E-state index in [1.54, 1.807) is 6.07 Å². The van der Waals surface area contributed by atoms with Crippen molar-refractivity contribution in [3.05, 3.63) is 30.1 Å². The lowest BCUT2D eigenvalue weighted by Crippen LogP contribution is -2.55. The monoisotopic (exact) mass is 607 g/mol. The van der Waals surface area contributed by atoms with Crippen LogP contribution in [0, 0.1) is 11.2 Å². The molecule has 4 N–H and O–H groups in total. The van der Waals surface area contributed by atoms with Crippen molar-refractivity contribution in [2.45, 2.75) is 108 Å². The fraction of sp³-hybridized carbons (Fsp3) is 0.636. The molecule has 0 amide bonds. The minimum absolute atomic E-state index is 0.0724. The number of nitrogens with zero attached hydrogens (tertiary/aromatic N) is 6. The minimum Gasteiger partial charge on any atom is -0.507 e.